The number of ether oxygens (including phenoxy) is 3. The second-order valence-electron chi connectivity index (χ2n) is 6.54. The molecule has 0 N–H and O–H groups in total. The molecule has 2 aromatic carbocycles. The molecule has 0 aromatic heterocycles. The van der Waals surface area contributed by atoms with Crippen LogP contribution in [0.15, 0.2) is 48.5 Å². The van der Waals surface area contributed by atoms with Crippen molar-refractivity contribution in [1.82, 2.24) is 0 Å². The number of esters is 1. The molecule has 0 aliphatic carbocycles. The highest BCUT2D eigenvalue weighted by atomic mass is 35.5. The molecule has 0 saturated heterocycles. The van der Waals surface area contributed by atoms with E-state index in [2.05, 4.69) is 0 Å². The van der Waals surface area contributed by atoms with Crippen molar-refractivity contribution in [2.45, 2.75) is 45.4 Å². The molecule has 0 heterocycles. The zero-order valence-electron chi connectivity index (χ0n) is 16.5. The molecule has 4 nitrogen and oxygen atoms in total. The molecule has 0 unspecified atom stereocenters. The number of halogens is 1. The van der Waals surface area contributed by atoms with Crippen molar-refractivity contribution < 1.29 is 19.0 Å². The summed E-state index contributed by atoms with van der Waals surface area (Å²) in [6, 6.07) is 15.1. The molecule has 2 rings (SSSR count). The van der Waals surface area contributed by atoms with Gasteiger partial charge in [0.05, 0.1) is 26.2 Å². The average molecular weight is 405 g/mol. The van der Waals surface area contributed by atoms with E-state index in [-0.39, 0.29) is 5.97 Å². The molecule has 0 radical (unpaired) electrons. The minimum absolute atomic E-state index is 0.199. The van der Waals surface area contributed by atoms with Gasteiger partial charge in [0, 0.05) is 5.02 Å². The first-order valence-corrected chi connectivity index (χ1v) is 10.3. The molecule has 0 atom stereocenters. The predicted molar refractivity (Wildman–Crippen MR) is 112 cm³/mol. The highest BCUT2D eigenvalue weighted by Gasteiger charge is 2.04. The number of hydrogen-bond acceptors (Lipinski definition) is 4. The maximum Gasteiger partial charge on any atom is 0.310 e. The van der Waals surface area contributed by atoms with Crippen LogP contribution >= 0.6 is 11.6 Å². The van der Waals surface area contributed by atoms with Crippen molar-refractivity contribution in [3.05, 3.63) is 59.1 Å². The Morgan fingerprint density at radius 1 is 0.786 bits per heavy atom. The van der Waals surface area contributed by atoms with Crippen LogP contribution in [0.3, 0.4) is 0 Å². The summed E-state index contributed by atoms with van der Waals surface area (Å²) in [5, 5.41) is 0.724. The highest BCUT2D eigenvalue weighted by Crippen LogP contribution is 2.16. The molecule has 28 heavy (non-hydrogen) atoms. The fraction of sp³-hybridized carbons (Fsp3) is 0.435. The zero-order valence-corrected chi connectivity index (χ0v) is 17.2. The minimum atomic E-state index is -0.199. The Morgan fingerprint density at radius 3 is 1.82 bits per heavy atom. The molecule has 0 aliphatic rings. The zero-order chi connectivity index (χ0) is 20.0. The number of hydrogen-bond donors (Lipinski definition) is 0. The van der Waals surface area contributed by atoms with Crippen LogP contribution in [0.1, 0.15) is 44.6 Å². The first-order valence-electron chi connectivity index (χ1n) is 9.93. The Balaban J connectivity index is 1.47. The third kappa shape index (κ3) is 9.14. The minimum Gasteiger partial charge on any atom is -0.494 e. The van der Waals surface area contributed by atoms with Gasteiger partial charge in [-0.2, -0.15) is 0 Å². The Hall–Kier alpha value is -2.20. The van der Waals surface area contributed by atoms with Gasteiger partial charge in [0.15, 0.2) is 0 Å². The van der Waals surface area contributed by atoms with Gasteiger partial charge in [0.1, 0.15) is 11.5 Å². The van der Waals surface area contributed by atoms with Crippen molar-refractivity contribution in [2.24, 2.45) is 0 Å². The topological polar surface area (TPSA) is 44.8 Å². The fourth-order valence-electron chi connectivity index (χ4n) is 2.73. The van der Waals surface area contributed by atoms with Crippen LogP contribution in [-0.2, 0) is 16.0 Å². The monoisotopic (exact) mass is 404 g/mol. The standard InChI is InChI=1S/C23H29ClO4/c1-2-26-23(25)18-19-8-12-21(13-9-19)27-16-6-4-3-5-7-17-28-22-14-10-20(24)11-15-22/h8-15H,2-7,16-18H2,1H3. The van der Waals surface area contributed by atoms with Crippen LogP contribution in [0.2, 0.25) is 5.02 Å². The summed E-state index contributed by atoms with van der Waals surface area (Å²) in [4.78, 5) is 11.5. The van der Waals surface area contributed by atoms with Gasteiger partial charge in [-0.3, -0.25) is 4.79 Å². The van der Waals surface area contributed by atoms with Crippen molar-refractivity contribution in [3.8, 4) is 11.5 Å². The molecule has 0 amide bonds. The van der Waals surface area contributed by atoms with E-state index in [1.54, 1.807) is 0 Å². The van der Waals surface area contributed by atoms with E-state index in [4.69, 9.17) is 25.8 Å². The lowest BCUT2D eigenvalue weighted by molar-refractivity contribution is -0.142. The maximum absolute atomic E-state index is 11.5. The number of unbranched alkanes of at least 4 members (excludes halogenated alkanes) is 4. The van der Waals surface area contributed by atoms with E-state index in [0.29, 0.717) is 19.6 Å². The molecule has 5 heteroatoms. The van der Waals surface area contributed by atoms with Crippen LogP contribution in [0.5, 0.6) is 11.5 Å². The molecule has 0 spiro atoms. The molecule has 0 fully saturated rings. The van der Waals surface area contributed by atoms with Gasteiger partial charge in [0.25, 0.3) is 0 Å². The SMILES string of the molecule is CCOC(=O)Cc1ccc(OCCCCCCCOc2ccc(Cl)cc2)cc1. The molecule has 0 aliphatic heterocycles. The summed E-state index contributed by atoms with van der Waals surface area (Å²) in [7, 11) is 0. The van der Waals surface area contributed by atoms with E-state index >= 15 is 0 Å². The smallest absolute Gasteiger partial charge is 0.310 e. The second kappa shape index (κ2) is 13.1. The first-order chi connectivity index (χ1) is 13.7. The van der Waals surface area contributed by atoms with Crippen LogP contribution < -0.4 is 9.47 Å². The van der Waals surface area contributed by atoms with E-state index in [9.17, 15) is 4.79 Å². The van der Waals surface area contributed by atoms with Crippen molar-refractivity contribution in [3.63, 3.8) is 0 Å². The van der Waals surface area contributed by atoms with Crippen molar-refractivity contribution >= 4 is 17.6 Å². The van der Waals surface area contributed by atoms with Gasteiger partial charge in [0.2, 0.25) is 0 Å². The van der Waals surface area contributed by atoms with Gasteiger partial charge in [-0.25, -0.2) is 0 Å². The van der Waals surface area contributed by atoms with Gasteiger partial charge >= 0.3 is 5.97 Å². The largest absolute Gasteiger partial charge is 0.494 e. The molecular weight excluding hydrogens is 376 g/mol. The van der Waals surface area contributed by atoms with Crippen molar-refractivity contribution in [1.29, 1.82) is 0 Å². The first kappa shape index (κ1) is 22.1. The average Bonchev–Trinajstić information content (AvgIpc) is 2.69. The number of carbonyl (C=O) groups is 1. The molecular formula is C23H29ClO4. The summed E-state index contributed by atoms with van der Waals surface area (Å²) in [6.45, 7) is 3.66. The lowest BCUT2D eigenvalue weighted by Gasteiger charge is -2.08. The van der Waals surface area contributed by atoms with Crippen LogP contribution in [-0.4, -0.2) is 25.8 Å². The maximum atomic E-state index is 11.5. The lowest BCUT2D eigenvalue weighted by Crippen LogP contribution is -2.07. The van der Waals surface area contributed by atoms with E-state index in [0.717, 1.165) is 54.4 Å². The molecule has 2 aromatic rings. The van der Waals surface area contributed by atoms with Gasteiger partial charge in [-0.15, -0.1) is 0 Å². The number of carbonyl (C=O) groups excluding carboxylic acids is 1. The third-order valence-electron chi connectivity index (χ3n) is 4.22. The second-order valence-corrected chi connectivity index (χ2v) is 6.98. The normalized spacial score (nSPS) is 10.5. The molecule has 0 bridgehead atoms. The molecule has 0 saturated carbocycles. The Bertz CT molecular complexity index is 683. The summed E-state index contributed by atoms with van der Waals surface area (Å²) < 4.78 is 16.4. The summed E-state index contributed by atoms with van der Waals surface area (Å²) >= 11 is 5.85. The highest BCUT2D eigenvalue weighted by molar-refractivity contribution is 6.30. The van der Waals surface area contributed by atoms with Crippen LogP contribution in [0, 0.1) is 0 Å². The number of rotatable bonds is 13. The van der Waals surface area contributed by atoms with Crippen LogP contribution in [0.4, 0.5) is 0 Å². The third-order valence-corrected chi connectivity index (χ3v) is 4.47. The van der Waals surface area contributed by atoms with E-state index in [1.165, 1.54) is 6.42 Å². The van der Waals surface area contributed by atoms with Crippen LogP contribution in [0.25, 0.3) is 0 Å². The molecule has 152 valence electrons. The Kier molecular flexibility index (Phi) is 10.3. The quantitative estimate of drug-likeness (QED) is 0.310. The van der Waals surface area contributed by atoms with E-state index < -0.39 is 0 Å². The predicted octanol–water partition coefficient (Wildman–Crippen LogP) is 5.85. The Morgan fingerprint density at radius 2 is 1.29 bits per heavy atom. The summed E-state index contributed by atoms with van der Waals surface area (Å²) in [5.41, 5.74) is 0.937. The van der Waals surface area contributed by atoms with Crippen molar-refractivity contribution in [2.75, 3.05) is 19.8 Å². The summed E-state index contributed by atoms with van der Waals surface area (Å²) in [5.74, 6) is 1.50. The van der Waals surface area contributed by atoms with Gasteiger partial charge < -0.3 is 14.2 Å². The Labute approximate surface area is 172 Å². The fourth-order valence-corrected chi connectivity index (χ4v) is 2.85. The summed E-state index contributed by atoms with van der Waals surface area (Å²) in [6.07, 6.45) is 5.84. The lowest BCUT2D eigenvalue weighted by atomic mass is 10.1. The van der Waals surface area contributed by atoms with E-state index in [1.807, 2.05) is 55.5 Å². The van der Waals surface area contributed by atoms with Gasteiger partial charge in [-0.05, 0) is 61.7 Å². The number of benzene rings is 2. The van der Waals surface area contributed by atoms with Gasteiger partial charge in [-0.1, -0.05) is 43.0 Å².